The number of carbonyl (C=O) groups excluding carboxylic acids is 1. The summed E-state index contributed by atoms with van der Waals surface area (Å²) in [6.45, 7) is 0.489. The summed E-state index contributed by atoms with van der Waals surface area (Å²) in [4.78, 5) is 24.5. The van der Waals surface area contributed by atoms with Crippen LogP contribution in [-0.4, -0.2) is 29.5 Å². The van der Waals surface area contributed by atoms with E-state index in [9.17, 15) is 14.9 Å². The maximum atomic E-state index is 11.8. The van der Waals surface area contributed by atoms with Gasteiger partial charge < -0.3 is 10.1 Å². The highest BCUT2D eigenvalue weighted by Crippen LogP contribution is 2.15. The van der Waals surface area contributed by atoms with Gasteiger partial charge in [-0.1, -0.05) is 5.11 Å². The standard InChI is InChI=1S/C12H13N5O4/c13-16-15-9-5-11(14-6-9)12(18)21-7-8-1-3-10(4-2-8)17(19)20/h1-4,9,11,14H,5-7H2/t9-,11?/m0/s1. The number of benzene rings is 1. The summed E-state index contributed by atoms with van der Waals surface area (Å²) < 4.78 is 5.13. The van der Waals surface area contributed by atoms with Gasteiger partial charge in [-0.3, -0.25) is 14.9 Å². The van der Waals surface area contributed by atoms with Crippen LogP contribution >= 0.6 is 0 Å². The largest absolute Gasteiger partial charge is 0.460 e. The number of non-ortho nitro benzene ring substituents is 1. The summed E-state index contributed by atoms with van der Waals surface area (Å²) in [6, 6.07) is 5.06. The van der Waals surface area contributed by atoms with Crippen molar-refractivity contribution in [1.29, 1.82) is 0 Å². The van der Waals surface area contributed by atoms with Gasteiger partial charge >= 0.3 is 5.97 Å². The molecule has 1 aromatic rings. The number of esters is 1. The summed E-state index contributed by atoms with van der Waals surface area (Å²) in [6.07, 6.45) is 0.406. The van der Waals surface area contributed by atoms with E-state index in [1.807, 2.05) is 0 Å². The fraction of sp³-hybridized carbons (Fsp3) is 0.417. The van der Waals surface area contributed by atoms with Gasteiger partial charge in [0.2, 0.25) is 0 Å². The van der Waals surface area contributed by atoms with Crippen LogP contribution < -0.4 is 5.32 Å². The smallest absolute Gasteiger partial charge is 0.323 e. The van der Waals surface area contributed by atoms with Crippen molar-refractivity contribution in [2.75, 3.05) is 6.54 Å². The van der Waals surface area contributed by atoms with Crippen LogP contribution in [0.3, 0.4) is 0 Å². The minimum atomic E-state index is -0.492. The molecule has 0 spiro atoms. The summed E-state index contributed by atoms with van der Waals surface area (Å²) >= 11 is 0. The number of rotatable bonds is 5. The van der Waals surface area contributed by atoms with Crippen molar-refractivity contribution in [3.8, 4) is 0 Å². The summed E-state index contributed by atoms with van der Waals surface area (Å²) in [5.74, 6) is -0.427. The van der Waals surface area contributed by atoms with Crippen LogP contribution in [0.4, 0.5) is 5.69 Å². The van der Waals surface area contributed by atoms with Gasteiger partial charge in [0, 0.05) is 23.6 Å². The summed E-state index contributed by atoms with van der Waals surface area (Å²) in [5.41, 5.74) is 8.98. The minimum Gasteiger partial charge on any atom is -0.460 e. The van der Waals surface area contributed by atoms with E-state index in [0.717, 1.165) is 0 Å². The average Bonchev–Trinajstić information content (AvgIpc) is 2.94. The average molecular weight is 291 g/mol. The Morgan fingerprint density at radius 1 is 1.52 bits per heavy atom. The Balaban J connectivity index is 1.84. The zero-order valence-corrected chi connectivity index (χ0v) is 11.0. The normalized spacial score (nSPS) is 20.6. The van der Waals surface area contributed by atoms with Gasteiger partial charge in [0.15, 0.2) is 0 Å². The molecular formula is C12H13N5O4. The van der Waals surface area contributed by atoms with Crippen LogP contribution in [0.25, 0.3) is 10.4 Å². The number of hydrogen-bond donors (Lipinski definition) is 1. The second-order valence-corrected chi connectivity index (χ2v) is 4.59. The number of nitrogens with one attached hydrogen (secondary N) is 1. The van der Waals surface area contributed by atoms with E-state index in [4.69, 9.17) is 10.3 Å². The maximum absolute atomic E-state index is 11.8. The maximum Gasteiger partial charge on any atom is 0.323 e. The van der Waals surface area contributed by atoms with Crippen LogP contribution in [-0.2, 0) is 16.1 Å². The lowest BCUT2D eigenvalue weighted by Crippen LogP contribution is -2.32. The molecule has 9 nitrogen and oxygen atoms in total. The number of ether oxygens (including phenoxy) is 1. The predicted molar refractivity (Wildman–Crippen MR) is 72.2 cm³/mol. The SMILES string of the molecule is [N-]=[N+]=N[C@@H]1CNC(C(=O)OCc2ccc([N+](=O)[O-])cc2)C1. The predicted octanol–water partition coefficient (Wildman–Crippen LogP) is 1.68. The third kappa shape index (κ3) is 3.91. The Hall–Kier alpha value is -2.64. The molecule has 1 aliphatic rings. The highest BCUT2D eigenvalue weighted by molar-refractivity contribution is 5.76. The second-order valence-electron chi connectivity index (χ2n) is 4.59. The molecule has 0 amide bonds. The summed E-state index contributed by atoms with van der Waals surface area (Å²) in [5, 5.41) is 17.0. The van der Waals surface area contributed by atoms with Gasteiger partial charge in [-0.25, -0.2) is 0 Å². The van der Waals surface area contributed by atoms with Gasteiger partial charge in [-0.2, -0.15) is 0 Å². The molecule has 2 atom stereocenters. The van der Waals surface area contributed by atoms with Gasteiger partial charge in [-0.15, -0.1) is 0 Å². The molecule has 0 aliphatic carbocycles. The molecule has 0 bridgehead atoms. The minimum absolute atomic E-state index is 0.0141. The molecule has 1 N–H and O–H groups in total. The Labute approximate surface area is 119 Å². The van der Waals surface area contributed by atoms with Crippen LogP contribution in [0.1, 0.15) is 12.0 Å². The van der Waals surface area contributed by atoms with Gasteiger partial charge in [0.25, 0.3) is 5.69 Å². The molecule has 1 aliphatic heterocycles. The molecule has 21 heavy (non-hydrogen) atoms. The second kappa shape index (κ2) is 6.69. The van der Waals surface area contributed by atoms with Crippen LogP contribution in [0.2, 0.25) is 0 Å². The van der Waals surface area contributed by atoms with E-state index in [2.05, 4.69) is 15.3 Å². The Kier molecular flexibility index (Phi) is 4.70. The highest BCUT2D eigenvalue weighted by Gasteiger charge is 2.29. The number of nitro benzene ring substituents is 1. The number of hydrogen-bond acceptors (Lipinski definition) is 6. The van der Waals surface area contributed by atoms with Crippen LogP contribution in [0.15, 0.2) is 29.4 Å². The molecular weight excluding hydrogens is 278 g/mol. The zero-order valence-electron chi connectivity index (χ0n) is 11.0. The molecule has 110 valence electrons. The fourth-order valence-corrected chi connectivity index (χ4v) is 2.03. The van der Waals surface area contributed by atoms with Crippen molar-refractivity contribution in [3.05, 3.63) is 50.4 Å². The molecule has 1 fully saturated rings. The third-order valence-corrected chi connectivity index (χ3v) is 3.14. The highest BCUT2D eigenvalue weighted by atomic mass is 16.6. The quantitative estimate of drug-likeness (QED) is 0.220. The first-order valence-corrected chi connectivity index (χ1v) is 6.27. The van der Waals surface area contributed by atoms with Gasteiger partial charge in [0.1, 0.15) is 12.6 Å². The Bertz CT molecular complexity index is 582. The number of nitrogens with zero attached hydrogens (tertiary/aromatic N) is 4. The molecule has 0 saturated carbocycles. The van der Waals surface area contributed by atoms with E-state index in [1.54, 1.807) is 0 Å². The van der Waals surface area contributed by atoms with Crippen LogP contribution in [0.5, 0.6) is 0 Å². The fourth-order valence-electron chi connectivity index (χ4n) is 2.03. The molecule has 0 radical (unpaired) electrons. The van der Waals surface area contributed by atoms with Crippen LogP contribution in [0, 0.1) is 10.1 Å². The summed E-state index contributed by atoms with van der Waals surface area (Å²) in [7, 11) is 0. The molecule has 0 aromatic heterocycles. The molecule has 2 rings (SSSR count). The van der Waals surface area contributed by atoms with E-state index >= 15 is 0 Å². The molecule has 1 heterocycles. The monoisotopic (exact) mass is 291 g/mol. The Morgan fingerprint density at radius 2 is 2.24 bits per heavy atom. The van der Waals surface area contributed by atoms with Crippen molar-refractivity contribution in [2.24, 2.45) is 5.11 Å². The lowest BCUT2D eigenvalue weighted by Gasteiger charge is -2.10. The lowest BCUT2D eigenvalue weighted by molar-refractivity contribution is -0.384. The number of carbonyl (C=O) groups is 1. The Morgan fingerprint density at radius 3 is 2.86 bits per heavy atom. The van der Waals surface area contributed by atoms with E-state index in [0.29, 0.717) is 18.5 Å². The molecule has 1 aromatic carbocycles. The van der Waals surface area contributed by atoms with Crippen molar-refractivity contribution in [1.82, 2.24) is 5.32 Å². The first-order valence-electron chi connectivity index (χ1n) is 6.27. The third-order valence-electron chi connectivity index (χ3n) is 3.14. The zero-order chi connectivity index (χ0) is 15.2. The first-order chi connectivity index (χ1) is 10.1. The van der Waals surface area contributed by atoms with Crippen molar-refractivity contribution in [3.63, 3.8) is 0 Å². The van der Waals surface area contributed by atoms with E-state index in [-0.39, 0.29) is 18.3 Å². The van der Waals surface area contributed by atoms with Crippen molar-refractivity contribution < 1.29 is 14.5 Å². The van der Waals surface area contributed by atoms with Gasteiger partial charge in [0.05, 0.1) is 11.0 Å². The van der Waals surface area contributed by atoms with E-state index < -0.39 is 16.9 Å². The first kappa shape index (κ1) is 14.8. The van der Waals surface area contributed by atoms with E-state index in [1.165, 1.54) is 24.3 Å². The molecule has 9 heteroatoms. The topological polar surface area (TPSA) is 130 Å². The molecule has 1 saturated heterocycles. The number of nitro groups is 1. The lowest BCUT2D eigenvalue weighted by atomic mass is 10.2. The number of azide groups is 1. The molecule has 1 unspecified atom stereocenters. The van der Waals surface area contributed by atoms with Crippen molar-refractivity contribution in [2.45, 2.75) is 25.1 Å². The van der Waals surface area contributed by atoms with Gasteiger partial charge in [-0.05, 0) is 29.6 Å². The van der Waals surface area contributed by atoms with Crippen molar-refractivity contribution >= 4 is 11.7 Å².